The zero-order chi connectivity index (χ0) is 27.0. The quantitative estimate of drug-likeness (QED) is 0.0552. The molecular formula is C28H56NO6P. The van der Waals surface area contributed by atoms with Gasteiger partial charge in [0.25, 0.3) is 7.82 Å². The highest BCUT2D eigenvalue weighted by molar-refractivity contribution is 7.45. The van der Waals surface area contributed by atoms with E-state index in [-0.39, 0.29) is 19.8 Å². The first-order valence-corrected chi connectivity index (χ1v) is 15.5. The number of unbranched alkanes of at least 4 members (excludes halogenated alkanes) is 10. The van der Waals surface area contributed by atoms with Crippen LogP contribution in [0.2, 0.25) is 0 Å². The van der Waals surface area contributed by atoms with Gasteiger partial charge in [-0.15, -0.1) is 0 Å². The fourth-order valence-corrected chi connectivity index (χ4v) is 4.33. The molecule has 0 spiro atoms. The summed E-state index contributed by atoms with van der Waals surface area (Å²) >= 11 is 0. The SMILES string of the molecule is CCCCCC/C=C\CCCC/C=C\CCCCCOC[C@H](COC)OP(=O)([O-])OCC[N+](C)(C)C. The third-order valence-electron chi connectivity index (χ3n) is 5.65. The van der Waals surface area contributed by atoms with E-state index in [1.54, 1.807) is 0 Å². The lowest BCUT2D eigenvalue weighted by Crippen LogP contribution is -2.38. The molecular weight excluding hydrogens is 477 g/mol. The fraction of sp³-hybridized carbons (Fsp3) is 0.857. The number of phosphoric ester groups is 1. The van der Waals surface area contributed by atoms with Gasteiger partial charge in [-0.2, -0.15) is 0 Å². The van der Waals surface area contributed by atoms with E-state index in [9.17, 15) is 9.46 Å². The maximum absolute atomic E-state index is 12.1. The van der Waals surface area contributed by atoms with Crippen molar-refractivity contribution in [2.24, 2.45) is 0 Å². The van der Waals surface area contributed by atoms with Crippen molar-refractivity contribution in [3.63, 3.8) is 0 Å². The molecule has 0 aliphatic heterocycles. The first-order valence-electron chi connectivity index (χ1n) is 14.0. The van der Waals surface area contributed by atoms with Crippen LogP contribution in [-0.4, -0.2) is 71.8 Å². The average molecular weight is 534 g/mol. The number of likely N-dealkylation sites (N-methyl/N-ethyl adjacent to an activating group) is 1. The van der Waals surface area contributed by atoms with Gasteiger partial charge in [-0.05, 0) is 57.8 Å². The zero-order valence-corrected chi connectivity index (χ0v) is 24.9. The van der Waals surface area contributed by atoms with Crippen molar-refractivity contribution in [3.05, 3.63) is 24.3 Å². The summed E-state index contributed by atoms with van der Waals surface area (Å²) in [5.41, 5.74) is 0. The third-order valence-corrected chi connectivity index (χ3v) is 6.71. The van der Waals surface area contributed by atoms with E-state index in [0.717, 1.165) is 32.1 Å². The minimum Gasteiger partial charge on any atom is -0.756 e. The van der Waals surface area contributed by atoms with Crippen molar-refractivity contribution in [1.82, 2.24) is 0 Å². The van der Waals surface area contributed by atoms with Gasteiger partial charge in [0, 0.05) is 13.7 Å². The largest absolute Gasteiger partial charge is 0.756 e. The maximum Gasteiger partial charge on any atom is 0.268 e. The molecule has 214 valence electrons. The molecule has 0 rings (SSSR count). The Hall–Kier alpha value is -0.530. The molecule has 0 aliphatic rings. The molecule has 0 bridgehead atoms. The lowest BCUT2D eigenvalue weighted by molar-refractivity contribution is -0.870. The number of hydrogen-bond donors (Lipinski definition) is 0. The molecule has 0 aromatic carbocycles. The van der Waals surface area contributed by atoms with Gasteiger partial charge in [0.2, 0.25) is 0 Å². The van der Waals surface area contributed by atoms with Gasteiger partial charge in [0.1, 0.15) is 19.3 Å². The number of phosphoric acid groups is 1. The van der Waals surface area contributed by atoms with Crippen LogP contribution in [0.15, 0.2) is 24.3 Å². The van der Waals surface area contributed by atoms with Gasteiger partial charge in [-0.25, -0.2) is 0 Å². The standard InChI is InChI=1S/C28H56NO6P/c1-6-7-8-9-10-11-12-13-14-15-16-17-18-19-20-21-22-24-33-27-28(26-32-5)35-36(30,31)34-25-23-29(2,3)4/h11-12,17-18,28H,6-10,13-16,19-27H2,1-5H3/b12-11-,18-17-/t28-/m0/s1. The summed E-state index contributed by atoms with van der Waals surface area (Å²) in [6, 6.07) is 0. The Bertz CT molecular complexity index is 591. The van der Waals surface area contributed by atoms with Crippen LogP contribution in [0.25, 0.3) is 0 Å². The Labute approximate surface area is 222 Å². The normalized spacial score (nSPS) is 15.2. The van der Waals surface area contributed by atoms with Crippen LogP contribution in [0.5, 0.6) is 0 Å². The van der Waals surface area contributed by atoms with Gasteiger partial charge >= 0.3 is 0 Å². The molecule has 0 radical (unpaired) electrons. The van der Waals surface area contributed by atoms with Gasteiger partial charge in [0.15, 0.2) is 0 Å². The van der Waals surface area contributed by atoms with Crippen molar-refractivity contribution < 1.29 is 32.5 Å². The van der Waals surface area contributed by atoms with Crippen molar-refractivity contribution in [3.8, 4) is 0 Å². The summed E-state index contributed by atoms with van der Waals surface area (Å²) in [7, 11) is 3.02. The first kappa shape index (κ1) is 35.5. The molecule has 2 atom stereocenters. The number of rotatable bonds is 26. The molecule has 1 unspecified atom stereocenters. The van der Waals surface area contributed by atoms with Crippen LogP contribution in [0.4, 0.5) is 0 Å². The summed E-state index contributed by atoms with van der Waals surface area (Å²) in [6.45, 7) is 3.76. The summed E-state index contributed by atoms with van der Waals surface area (Å²) in [5.74, 6) is 0. The van der Waals surface area contributed by atoms with Crippen LogP contribution in [0.1, 0.15) is 90.4 Å². The summed E-state index contributed by atoms with van der Waals surface area (Å²) in [5, 5.41) is 0. The minimum atomic E-state index is -4.39. The Balaban J connectivity index is 3.71. The second-order valence-electron chi connectivity index (χ2n) is 10.5. The van der Waals surface area contributed by atoms with Crippen molar-refractivity contribution >= 4 is 7.82 Å². The Morgan fingerprint density at radius 1 is 0.778 bits per heavy atom. The van der Waals surface area contributed by atoms with Crippen LogP contribution >= 0.6 is 7.82 Å². The second-order valence-corrected chi connectivity index (χ2v) is 11.8. The molecule has 8 heteroatoms. The zero-order valence-electron chi connectivity index (χ0n) is 24.0. The molecule has 0 N–H and O–H groups in total. The number of nitrogens with zero attached hydrogens (tertiary/aromatic N) is 1. The predicted molar refractivity (Wildman–Crippen MR) is 148 cm³/mol. The number of ether oxygens (including phenoxy) is 2. The van der Waals surface area contributed by atoms with E-state index in [4.69, 9.17) is 18.5 Å². The molecule has 0 aliphatic carbocycles. The molecule has 0 amide bonds. The van der Waals surface area contributed by atoms with E-state index < -0.39 is 13.9 Å². The number of methoxy groups -OCH3 is 1. The van der Waals surface area contributed by atoms with E-state index >= 15 is 0 Å². The van der Waals surface area contributed by atoms with Gasteiger partial charge < -0.3 is 27.9 Å². The van der Waals surface area contributed by atoms with Crippen LogP contribution in [0.3, 0.4) is 0 Å². The highest BCUT2D eigenvalue weighted by Crippen LogP contribution is 2.39. The number of quaternary nitrogens is 1. The monoisotopic (exact) mass is 533 g/mol. The molecule has 0 saturated carbocycles. The van der Waals surface area contributed by atoms with Crippen molar-refractivity contribution in [2.75, 3.05) is 61.2 Å². The van der Waals surface area contributed by atoms with Crippen molar-refractivity contribution in [1.29, 1.82) is 0 Å². The molecule has 0 aromatic heterocycles. The highest BCUT2D eigenvalue weighted by Gasteiger charge is 2.20. The van der Waals surface area contributed by atoms with Gasteiger partial charge in [0.05, 0.1) is 34.4 Å². The summed E-state index contributed by atoms with van der Waals surface area (Å²) in [6.07, 6.45) is 24.3. The maximum atomic E-state index is 12.1. The summed E-state index contributed by atoms with van der Waals surface area (Å²) < 4.78 is 33.5. The van der Waals surface area contributed by atoms with Gasteiger partial charge in [-0.1, -0.05) is 56.9 Å². The Kier molecular flexibility index (Phi) is 23.2. The number of hydrogen-bond acceptors (Lipinski definition) is 6. The molecule has 36 heavy (non-hydrogen) atoms. The molecule has 0 aromatic rings. The Morgan fingerprint density at radius 3 is 1.81 bits per heavy atom. The smallest absolute Gasteiger partial charge is 0.268 e. The Morgan fingerprint density at radius 2 is 1.31 bits per heavy atom. The highest BCUT2D eigenvalue weighted by atomic mass is 31.2. The van der Waals surface area contributed by atoms with Crippen LogP contribution in [0, 0.1) is 0 Å². The van der Waals surface area contributed by atoms with E-state index in [2.05, 4.69) is 31.2 Å². The topological polar surface area (TPSA) is 77.1 Å². The third kappa shape index (κ3) is 26.5. The molecule has 7 nitrogen and oxygen atoms in total. The van der Waals surface area contributed by atoms with Crippen LogP contribution < -0.4 is 4.89 Å². The second kappa shape index (κ2) is 23.6. The molecule has 0 heterocycles. The van der Waals surface area contributed by atoms with Gasteiger partial charge in [-0.3, -0.25) is 4.57 Å². The predicted octanol–water partition coefficient (Wildman–Crippen LogP) is 6.43. The molecule has 0 saturated heterocycles. The lowest BCUT2D eigenvalue weighted by atomic mass is 10.1. The minimum absolute atomic E-state index is 0.0792. The fourth-order valence-electron chi connectivity index (χ4n) is 3.48. The lowest BCUT2D eigenvalue weighted by Gasteiger charge is -2.29. The van der Waals surface area contributed by atoms with Crippen LogP contribution in [-0.2, 0) is 23.1 Å². The van der Waals surface area contributed by atoms with E-state index in [1.165, 1.54) is 58.5 Å². The van der Waals surface area contributed by atoms with Crippen molar-refractivity contribution in [2.45, 2.75) is 96.5 Å². The average Bonchev–Trinajstić information content (AvgIpc) is 2.79. The van der Waals surface area contributed by atoms with E-state index in [1.807, 2.05) is 21.1 Å². The van der Waals surface area contributed by atoms with E-state index in [0.29, 0.717) is 17.6 Å². The first-order chi connectivity index (χ1) is 17.2. The molecule has 0 fully saturated rings. The number of allylic oxidation sites excluding steroid dienone is 4. The summed E-state index contributed by atoms with van der Waals surface area (Å²) in [4.78, 5) is 12.1.